The summed E-state index contributed by atoms with van der Waals surface area (Å²) in [7, 11) is 0. The Balaban J connectivity index is 1.39. The lowest BCUT2D eigenvalue weighted by atomic mass is 10.2. The number of rotatable bonds is 8. The highest BCUT2D eigenvalue weighted by Gasteiger charge is 2.24. The number of benzene rings is 1. The maximum atomic E-state index is 13.0. The number of carbonyl (C=O) groups excluding carboxylic acids is 1. The van der Waals surface area contributed by atoms with Crippen molar-refractivity contribution < 1.29 is 13.9 Å². The second-order valence-electron chi connectivity index (χ2n) is 7.63. The van der Waals surface area contributed by atoms with Gasteiger partial charge >= 0.3 is 0 Å². The lowest BCUT2D eigenvalue weighted by Crippen LogP contribution is -2.22. The molecule has 0 bridgehead atoms. The number of carbonyl (C=O) groups is 1. The summed E-state index contributed by atoms with van der Waals surface area (Å²) in [6.07, 6.45) is 2.07. The number of nitriles is 1. The molecule has 1 saturated heterocycles. The van der Waals surface area contributed by atoms with E-state index >= 15 is 0 Å². The number of thioether (sulfide) groups is 1. The number of aromatic nitrogens is 3. The number of hydrogen-bond acceptors (Lipinski definition) is 8. The van der Waals surface area contributed by atoms with Crippen molar-refractivity contribution >= 4 is 45.6 Å². The Morgan fingerprint density at radius 3 is 2.85 bits per heavy atom. The summed E-state index contributed by atoms with van der Waals surface area (Å²) in [6, 6.07) is 8.16. The number of nitrogens with zero attached hydrogens (tertiary/aromatic N) is 4. The predicted octanol–water partition coefficient (Wildman–Crippen LogP) is 4.62. The minimum Gasteiger partial charge on any atom is -0.376 e. The number of ether oxygens (including phenoxy) is 1. The van der Waals surface area contributed by atoms with Crippen LogP contribution in [0.2, 0.25) is 0 Å². The van der Waals surface area contributed by atoms with Crippen LogP contribution in [0.4, 0.5) is 21.0 Å². The van der Waals surface area contributed by atoms with Gasteiger partial charge in [0.1, 0.15) is 17.7 Å². The van der Waals surface area contributed by atoms with Gasteiger partial charge in [-0.05, 0) is 56.5 Å². The van der Waals surface area contributed by atoms with Gasteiger partial charge in [0.25, 0.3) is 0 Å². The third-order valence-corrected chi connectivity index (χ3v) is 7.41. The molecular formula is C22H23FN6O2S2. The summed E-state index contributed by atoms with van der Waals surface area (Å²) >= 11 is 2.56. The van der Waals surface area contributed by atoms with Gasteiger partial charge in [-0.15, -0.1) is 10.2 Å². The number of amides is 1. The second kappa shape index (κ2) is 10.3. The Hall–Kier alpha value is -2.94. The number of anilines is 3. The molecule has 4 rings (SSSR count). The SMILES string of the molecule is Cc1c(C#N)c(NC(=O)CSc2nnc(Nc3ccc(F)cc3)s2)n(CC2CCCO2)c1C. The van der Waals surface area contributed by atoms with E-state index < -0.39 is 0 Å². The Bertz CT molecular complexity index is 1180. The molecular weight excluding hydrogens is 463 g/mol. The smallest absolute Gasteiger partial charge is 0.235 e. The van der Waals surface area contributed by atoms with E-state index in [1.165, 1.54) is 35.2 Å². The normalized spacial score (nSPS) is 15.4. The highest BCUT2D eigenvalue weighted by Crippen LogP contribution is 2.30. The molecule has 1 amide bonds. The van der Waals surface area contributed by atoms with Crippen LogP contribution in [-0.4, -0.2) is 39.1 Å². The molecule has 1 atom stereocenters. The van der Waals surface area contributed by atoms with Crippen LogP contribution in [0.5, 0.6) is 0 Å². The minimum absolute atomic E-state index is 0.0838. The van der Waals surface area contributed by atoms with Crippen molar-refractivity contribution in [2.24, 2.45) is 0 Å². The van der Waals surface area contributed by atoms with Crippen molar-refractivity contribution in [3.05, 3.63) is 46.9 Å². The lowest BCUT2D eigenvalue weighted by molar-refractivity contribution is -0.113. The van der Waals surface area contributed by atoms with Crippen LogP contribution in [0.15, 0.2) is 28.6 Å². The Kier molecular flexibility index (Phi) is 7.27. The molecule has 2 N–H and O–H groups in total. The van der Waals surface area contributed by atoms with Gasteiger partial charge in [0.05, 0.1) is 24.0 Å². The summed E-state index contributed by atoms with van der Waals surface area (Å²) < 4.78 is 21.4. The van der Waals surface area contributed by atoms with E-state index in [2.05, 4.69) is 26.9 Å². The van der Waals surface area contributed by atoms with E-state index in [4.69, 9.17) is 4.74 Å². The van der Waals surface area contributed by atoms with Crippen LogP contribution in [-0.2, 0) is 16.1 Å². The molecule has 1 fully saturated rings. The topological polar surface area (TPSA) is 105 Å². The monoisotopic (exact) mass is 486 g/mol. The number of halogens is 1. The minimum atomic E-state index is -0.313. The quantitative estimate of drug-likeness (QED) is 0.448. The van der Waals surface area contributed by atoms with Crippen LogP contribution < -0.4 is 10.6 Å². The highest BCUT2D eigenvalue weighted by molar-refractivity contribution is 8.01. The molecule has 1 unspecified atom stereocenters. The molecule has 3 aromatic rings. The molecule has 0 saturated carbocycles. The van der Waals surface area contributed by atoms with Gasteiger partial charge in [0.15, 0.2) is 4.34 Å². The third-order valence-electron chi connectivity index (χ3n) is 5.44. The van der Waals surface area contributed by atoms with Crippen molar-refractivity contribution in [2.75, 3.05) is 23.0 Å². The standard InChI is InChI=1S/C22H23FN6O2S2/c1-13-14(2)29(11-17-4-3-9-31-17)20(18(13)10-24)26-19(30)12-32-22-28-27-21(33-22)25-16-7-5-15(23)6-8-16/h5-8,17H,3-4,9,11-12H2,1-2H3,(H,25,27)(H,26,30). The molecule has 2 aromatic heterocycles. The molecule has 0 aliphatic carbocycles. The Morgan fingerprint density at radius 1 is 1.36 bits per heavy atom. The summed E-state index contributed by atoms with van der Waals surface area (Å²) in [4.78, 5) is 12.7. The zero-order chi connectivity index (χ0) is 23.4. The van der Waals surface area contributed by atoms with Crippen molar-refractivity contribution in [1.29, 1.82) is 5.26 Å². The zero-order valence-electron chi connectivity index (χ0n) is 18.2. The maximum Gasteiger partial charge on any atom is 0.235 e. The molecule has 0 radical (unpaired) electrons. The predicted molar refractivity (Wildman–Crippen MR) is 127 cm³/mol. The summed E-state index contributed by atoms with van der Waals surface area (Å²) in [5.74, 6) is 0.0986. The maximum absolute atomic E-state index is 13.0. The molecule has 3 heterocycles. The van der Waals surface area contributed by atoms with Gasteiger partial charge in [0, 0.05) is 18.0 Å². The van der Waals surface area contributed by atoms with E-state index in [1.807, 2.05) is 18.4 Å². The van der Waals surface area contributed by atoms with Gasteiger partial charge in [0.2, 0.25) is 11.0 Å². The summed E-state index contributed by atoms with van der Waals surface area (Å²) in [5.41, 5.74) is 2.99. The van der Waals surface area contributed by atoms with E-state index in [0.717, 1.165) is 30.7 Å². The second-order valence-corrected chi connectivity index (χ2v) is 9.83. The number of hydrogen-bond donors (Lipinski definition) is 2. The van der Waals surface area contributed by atoms with Crippen molar-refractivity contribution in [2.45, 2.75) is 43.7 Å². The van der Waals surface area contributed by atoms with Gasteiger partial charge in [-0.3, -0.25) is 4.79 Å². The van der Waals surface area contributed by atoms with Crippen molar-refractivity contribution in [3.8, 4) is 6.07 Å². The fraction of sp³-hybridized carbons (Fsp3) is 0.364. The first-order valence-electron chi connectivity index (χ1n) is 10.4. The lowest BCUT2D eigenvalue weighted by Gasteiger charge is -2.16. The average molecular weight is 487 g/mol. The van der Waals surface area contributed by atoms with Crippen LogP contribution >= 0.6 is 23.1 Å². The first-order chi connectivity index (χ1) is 15.9. The van der Waals surface area contributed by atoms with Crippen LogP contribution in [0.25, 0.3) is 0 Å². The molecule has 1 aliphatic heterocycles. The van der Waals surface area contributed by atoms with E-state index in [0.29, 0.717) is 33.1 Å². The van der Waals surface area contributed by atoms with E-state index in [-0.39, 0.29) is 23.6 Å². The van der Waals surface area contributed by atoms with Crippen LogP contribution in [0.1, 0.15) is 29.7 Å². The third kappa shape index (κ3) is 5.52. The number of nitrogens with one attached hydrogen (secondary N) is 2. The van der Waals surface area contributed by atoms with Crippen molar-refractivity contribution in [3.63, 3.8) is 0 Å². The van der Waals surface area contributed by atoms with Gasteiger partial charge in [-0.25, -0.2) is 4.39 Å². The Labute approximate surface area is 199 Å². The van der Waals surface area contributed by atoms with Crippen LogP contribution in [0.3, 0.4) is 0 Å². The molecule has 33 heavy (non-hydrogen) atoms. The average Bonchev–Trinajstić information content (AvgIpc) is 3.53. The molecule has 1 aliphatic rings. The molecule has 11 heteroatoms. The molecule has 172 valence electrons. The highest BCUT2D eigenvalue weighted by atomic mass is 32.2. The van der Waals surface area contributed by atoms with Crippen molar-refractivity contribution in [1.82, 2.24) is 14.8 Å². The van der Waals surface area contributed by atoms with Gasteiger partial charge in [-0.2, -0.15) is 5.26 Å². The molecule has 8 nitrogen and oxygen atoms in total. The van der Waals surface area contributed by atoms with E-state index in [1.54, 1.807) is 12.1 Å². The molecule has 0 spiro atoms. The van der Waals surface area contributed by atoms with E-state index in [9.17, 15) is 14.4 Å². The summed E-state index contributed by atoms with van der Waals surface area (Å²) in [5, 5.41) is 24.3. The van der Waals surface area contributed by atoms with Gasteiger partial charge in [-0.1, -0.05) is 23.1 Å². The fourth-order valence-electron chi connectivity index (χ4n) is 3.62. The Morgan fingerprint density at radius 2 is 2.15 bits per heavy atom. The van der Waals surface area contributed by atoms with Crippen LogP contribution in [0, 0.1) is 31.0 Å². The summed E-state index contributed by atoms with van der Waals surface area (Å²) in [6.45, 7) is 5.19. The zero-order valence-corrected chi connectivity index (χ0v) is 19.9. The largest absolute Gasteiger partial charge is 0.376 e. The van der Waals surface area contributed by atoms with Gasteiger partial charge < -0.3 is 19.9 Å². The first kappa shape index (κ1) is 23.2. The molecule has 1 aromatic carbocycles. The fourth-order valence-corrected chi connectivity index (χ4v) is 5.19. The first-order valence-corrected chi connectivity index (χ1v) is 12.2.